The van der Waals surface area contributed by atoms with Crippen LogP contribution in [0.25, 0.3) is 0 Å². The molecule has 3 rings (SSSR count). The Bertz CT molecular complexity index is 925. The van der Waals surface area contributed by atoms with E-state index in [0.29, 0.717) is 17.4 Å². The number of aliphatic hydroxyl groups excluding tert-OH is 1. The molecule has 0 spiro atoms. The van der Waals surface area contributed by atoms with E-state index in [1.54, 1.807) is 18.3 Å². The molecule has 0 radical (unpaired) electrons. The molecular formula is C20H20FN3O2S. The number of aryl methyl sites for hydroxylation is 1. The molecule has 0 bridgehead atoms. The lowest BCUT2D eigenvalue weighted by Crippen LogP contribution is -2.14. The minimum absolute atomic E-state index is 0.132. The standard InChI is InChI=1S/C20H20FN3O2S/c1-14-3-2-4-17(9-14)22-19(26)13-27-20-23-18(12-25)11-24(20)10-15-5-7-16(21)8-6-15/h2-9,11,25H,10,12-13H2,1H3,(H,22,26). The van der Waals surface area contributed by atoms with Crippen molar-refractivity contribution in [2.24, 2.45) is 0 Å². The van der Waals surface area contributed by atoms with Gasteiger partial charge in [-0.1, -0.05) is 36.0 Å². The summed E-state index contributed by atoms with van der Waals surface area (Å²) in [6, 6.07) is 13.8. The van der Waals surface area contributed by atoms with Crippen molar-refractivity contribution < 1.29 is 14.3 Å². The van der Waals surface area contributed by atoms with Crippen molar-refractivity contribution in [1.29, 1.82) is 0 Å². The minimum atomic E-state index is -0.289. The topological polar surface area (TPSA) is 67.2 Å². The summed E-state index contributed by atoms with van der Waals surface area (Å²) in [5.41, 5.74) is 3.26. The summed E-state index contributed by atoms with van der Waals surface area (Å²) in [6.45, 7) is 2.27. The molecule has 140 valence electrons. The van der Waals surface area contributed by atoms with Gasteiger partial charge in [0.25, 0.3) is 0 Å². The fraction of sp³-hybridized carbons (Fsp3) is 0.200. The van der Waals surface area contributed by atoms with Crippen LogP contribution in [0.5, 0.6) is 0 Å². The third-order valence-electron chi connectivity index (χ3n) is 3.85. The van der Waals surface area contributed by atoms with Crippen LogP contribution in [0.1, 0.15) is 16.8 Å². The number of carbonyl (C=O) groups excluding carboxylic acids is 1. The first-order chi connectivity index (χ1) is 13.0. The largest absolute Gasteiger partial charge is 0.390 e. The third-order valence-corrected chi connectivity index (χ3v) is 4.84. The molecule has 0 aliphatic carbocycles. The number of carbonyl (C=O) groups is 1. The van der Waals surface area contributed by atoms with E-state index in [4.69, 9.17) is 0 Å². The Morgan fingerprint density at radius 1 is 1.26 bits per heavy atom. The number of imidazole rings is 1. The van der Waals surface area contributed by atoms with Crippen LogP contribution in [0.4, 0.5) is 10.1 Å². The van der Waals surface area contributed by atoms with Gasteiger partial charge in [0.1, 0.15) is 5.82 Å². The minimum Gasteiger partial charge on any atom is -0.390 e. The highest BCUT2D eigenvalue weighted by Crippen LogP contribution is 2.20. The zero-order valence-corrected chi connectivity index (χ0v) is 15.7. The summed E-state index contributed by atoms with van der Waals surface area (Å²) < 4.78 is 14.9. The second kappa shape index (κ2) is 8.83. The summed E-state index contributed by atoms with van der Waals surface area (Å²) in [5, 5.41) is 12.9. The Morgan fingerprint density at radius 2 is 2.04 bits per heavy atom. The van der Waals surface area contributed by atoms with Crippen LogP contribution in [0.3, 0.4) is 0 Å². The normalized spacial score (nSPS) is 10.8. The number of nitrogens with one attached hydrogen (secondary N) is 1. The van der Waals surface area contributed by atoms with E-state index in [1.807, 2.05) is 35.8 Å². The number of amides is 1. The Morgan fingerprint density at radius 3 is 2.74 bits per heavy atom. The van der Waals surface area contributed by atoms with E-state index in [0.717, 1.165) is 16.8 Å². The van der Waals surface area contributed by atoms with Gasteiger partial charge in [0, 0.05) is 18.4 Å². The molecule has 1 amide bonds. The molecule has 2 N–H and O–H groups in total. The van der Waals surface area contributed by atoms with Crippen molar-refractivity contribution in [2.45, 2.75) is 25.2 Å². The Hall–Kier alpha value is -2.64. The van der Waals surface area contributed by atoms with Gasteiger partial charge < -0.3 is 15.0 Å². The van der Waals surface area contributed by atoms with Gasteiger partial charge in [0.05, 0.1) is 18.1 Å². The zero-order valence-electron chi connectivity index (χ0n) is 14.9. The van der Waals surface area contributed by atoms with Crippen LogP contribution >= 0.6 is 11.8 Å². The average molecular weight is 385 g/mol. The van der Waals surface area contributed by atoms with Gasteiger partial charge >= 0.3 is 0 Å². The van der Waals surface area contributed by atoms with Crippen LogP contribution in [-0.4, -0.2) is 26.3 Å². The van der Waals surface area contributed by atoms with Crippen molar-refractivity contribution in [3.63, 3.8) is 0 Å². The van der Waals surface area contributed by atoms with E-state index >= 15 is 0 Å². The monoisotopic (exact) mass is 385 g/mol. The summed E-state index contributed by atoms with van der Waals surface area (Å²) in [5.74, 6) is -0.227. The molecule has 5 nitrogen and oxygen atoms in total. The number of aliphatic hydroxyl groups is 1. The Labute approximate surface area is 161 Å². The SMILES string of the molecule is Cc1cccc(NC(=O)CSc2nc(CO)cn2Cc2ccc(F)cc2)c1. The number of halogens is 1. The van der Waals surface area contributed by atoms with Crippen LogP contribution in [0, 0.1) is 12.7 Å². The number of anilines is 1. The van der Waals surface area contributed by atoms with Gasteiger partial charge in [-0.25, -0.2) is 9.37 Å². The smallest absolute Gasteiger partial charge is 0.234 e. The molecule has 0 saturated heterocycles. The highest BCUT2D eigenvalue weighted by atomic mass is 32.2. The second-order valence-corrected chi connectivity index (χ2v) is 7.08. The second-order valence-electron chi connectivity index (χ2n) is 6.13. The molecule has 2 aromatic carbocycles. The fourth-order valence-corrected chi connectivity index (χ4v) is 3.39. The number of aromatic nitrogens is 2. The molecule has 7 heteroatoms. The van der Waals surface area contributed by atoms with Gasteiger partial charge in [-0.05, 0) is 42.3 Å². The zero-order chi connectivity index (χ0) is 19.2. The van der Waals surface area contributed by atoms with Crippen molar-refractivity contribution in [1.82, 2.24) is 9.55 Å². The highest BCUT2D eigenvalue weighted by molar-refractivity contribution is 7.99. The number of hydrogen-bond donors (Lipinski definition) is 2. The predicted octanol–water partition coefficient (Wildman–Crippen LogP) is 3.60. The lowest BCUT2D eigenvalue weighted by Gasteiger charge is -2.08. The van der Waals surface area contributed by atoms with E-state index in [-0.39, 0.29) is 24.1 Å². The maximum atomic E-state index is 13.1. The van der Waals surface area contributed by atoms with Crippen LogP contribution in [-0.2, 0) is 17.9 Å². The first-order valence-electron chi connectivity index (χ1n) is 8.44. The molecule has 3 aromatic rings. The third kappa shape index (κ3) is 5.42. The number of benzene rings is 2. The van der Waals surface area contributed by atoms with Gasteiger partial charge in [0.15, 0.2) is 5.16 Å². The lowest BCUT2D eigenvalue weighted by atomic mass is 10.2. The van der Waals surface area contributed by atoms with Crippen LogP contribution < -0.4 is 5.32 Å². The van der Waals surface area contributed by atoms with Crippen LogP contribution in [0.15, 0.2) is 59.9 Å². The highest BCUT2D eigenvalue weighted by Gasteiger charge is 2.12. The molecule has 0 fully saturated rings. The van der Waals surface area contributed by atoms with E-state index < -0.39 is 0 Å². The van der Waals surface area contributed by atoms with Gasteiger partial charge in [-0.2, -0.15) is 0 Å². The number of nitrogens with zero attached hydrogens (tertiary/aromatic N) is 2. The van der Waals surface area contributed by atoms with Crippen molar-refractivity contribution in [2.75, 3.05) is 11.1 Å². The molecule has 0 saturated carbocycles. The van der Waals surface area contributed by atoms with Crippen LogP contribution in [0.2, 0.25) is 0 Å². The van der Waals surface area contributed by atoms with Crippen molar-refractivity contribution in [3.8, 4) is 0 Å². The molecule has 0 aliphatic rings. The maximum Gasteiger partial charge on any atom is 0.234 e. The summed E-state index contributed by atoms with van der Waals surface area (Å²) in [7, 11) is 0. The number of hydrogen-bond acceptors (Lipinski definition) is 4. The van der Waals surface area contributed by atoms with Crippen molar-refractivity contribution >= 4 is 23.4 Å². The molecule has 0 atom stereocenters. The van der Waals surface area contributed by atoms with E-state index in [2.05, 4.69) is 10.3 Å². The predicted molar refractivity (Wildman–Crippen MR) is 104 cm³/mol. The van der Waals surface area contributed by atoms with E-state index in [9.17, 15) is 14.3 Å². The Balaban J connectivity index is 1.66. The van der Waals surface area contributed by atoms with Gasteiger partial charge in [-0.3, -0.25) is 4.79 Å². The first kappa shape index (κ1) is 19.1. The molecule has 0 aliphatic heterocycles. The van der Waals surface area contributed by atoms with E-state index in [1.165, 1.54) is 23.9 Å². The number of thioether (sulfide) groups is 1. The lowest BCUT2D eigenvalue weighted by molar-refractivity contribution is -0.113. The first-order valence-corrected chi connectivity index (χ1v) is 9.43. The maximum absolute atomic E-state index is 13.1. The Kier molecular flexibility index (Phi) is 6.26. The fourth-order valence-electron chi connectivity index (χ4n) is 2.59. The average Bonchev–Trinajstić information content (AvgIpc) is 3.04. The summed E-state index contributed by atoms with van der Waals surface area (Å²) in [6.07, 6.45) is 1.74. The molecule has 27 heavy (non-hydrogen) atoms. The van der Waals surface area contributed by atoms with Gasteiger partial charge in [-0.15, -0.1) is 0 Å². The molecule has 1 heterocycles. The molecule has 0 unspecified atom stereocenters. The summed E-state index contributed by atoms with van der Waals surface area (Å²) >= 11 is 1.29. The number of rotatable bonds is 7. The van der Waals surface area contributed by atoms with Crippen molar-refractivity contribution in [3.05, 3.63) is 77.4 Å². The van der Waals surface area contributed by atoms with Gasteiger partial charge in [0.2, 0.25) is 5.91 Å². The summed E-state index contributed by atoms with van der Waals surface area (Å²) in [4.78, 5) is 16.6. The molecule has 1 aromatic heterocycles. The quantitative estimate of drug-likeness (QED) is 0.610. The molecular weight excluding hydrogens is 365 g/mol.